The van der Waals surface area contributed by atoms with E-state index in [9.17, 15) is 14.4 Å². The zero-order valence-corrected chi connectivity index (χ0v) is 17.1. The number of benzene rings is 3. The Labute approximate surface area is 184 Å². The van der Waals surface area contributed by atoms with E-state index in [-0.39, 0.29) is 5.91 Å². The maximum absolute atomic E-state index is 13.0. The highest BCUT2D eigenvalue weighted by Gasteiger charge is 2.28. The molecule has 0 fully saturated rings. The molecule has 0 aliphatic carbocycles. The Morgan fingerprint density at radius 3 is 2.22 bits per heavy atom. The molecule has 0 aromatic heterocycles. The Morgan fingerprint density at radius 2 is 1.56 bits per heavy atom. The molecular formula is C24H20N4O4. The summed E-state index contributed by atoms with van der Waals surface area (Å²) >= 11 is 0. The van der Waals surface area contributed by atoms with E-state index in [4.69, 9.17) is 10.5 Å². The Balaban J connectivity index is 1.79. The van der Waals surface area contributed by atoms with Crippen molar-refractivity contribution in [3.8, 4) is 0 Å². The van der Waals surface area contributed by atoms with Crippen molar-refractivity contribution in [3.63, 3.8) is 0 Å². The lowest BCUT2D eigenvalue weighted by molar-refractivity contribution is -0.110. The van der Waals surface area contributed by atoms with Crippen LogP contribution in [0.4, 0.5) is 21.9 Å². The van der Waals surface area contributed by atoms with Crippen molar-refractivity contribution >= 4 is 46.2 Å². The van der Waals surface area contributed by atoms with Crippen molar-refractivity contribution in [2.75, 3.05) is 23.1 Å². The fourth-order valence-corrected chi connectivity index (χ4v) is 3.48. The number of anilines is 3. The fourth-order valence-electron chi connectivity index (χ4n) is 3.48. The van der Waals surface area contributed by atoms with Gasteiger partial charge in [-0.15, -0.1) is 0 Å². The fraction of sp³-hybridized carbons (Fsp3) is 0.0417. The van der Waals surface area contributed by atoms with Crippen molar-refractivity contribution in [1.29, 1.82) is 0 Å². The van der Waals surface area contributed by atoms with Crippen LogP contribution in [0.5, 0.6) is 0 Å². The van der Waals surface area contributed by atoms with Gasteiger partial charge in [-0.3, -0.25) is 4.79 Å². The number of primary amides is 1. The molecule has 1 aliphatic heterocycles. The molecule has 3 amide bonds. The summed E-state index contributed by atoms with van der Waals surface area (Å²) in [5.41, 5.74) is 9.88. The van der Waals surface area contributed by atoms with Gasteiger partial charge in [0.2, 0.25) is 0 Å². The van der Waals surface area contributed by atoms with E-state index in [2.05, 4.69) is 16.0 Å². The Hall–Kier alpha value is -4.59. The summed E-state index contributed by atoms with van der Waals surface area (Å²) in [5.74, 6) is -0.712. The molecule has 4 rings (SSSR count). The van der Waals surface area contributed by atoms with Crippen LogP contribution >= 0.6 is 0 Å². The number of urea groups is 1. The van der Waals surface area contributed by atoms with Crippen molar-refractivity contribution in [2.45, 2.75) is 0 Å². The first-order chi connectivity index (χ1) is 15.5. The van der Waals surface area contributed by atoms with E-state index in [0.717, 1.165) is 5.56 Å². The largest absolute Gasteiger partial charge is 0.465 e. The van der Waals surface area contributed by atoms with Crippen molar-refractivity contribution < 1.29 is 19.1 Å². The van der Waals surface area contributed by atoms with E-state index in [1.165, 1.54) is 7.11 Å². The number of esters is 1. The summed E-state index contributed by atoms with van der Waals surface area (Å²) < 4.78 is 4.74. The molecule has 0 radical (unpaired) electrons. The average Bonchev–Trinajstić information content (AvgIpc) is 3.12. The molecule has 0 bridgehead atoms. The maximum atomic E-state index is 13.0. The number of fused-ring (bicyclic) bond motifs is 1. The normalized spacial score (nSPS) is 13.6. The van der Waals surface area contributed by atoms with Gasteiger partial charge in [0.1, 0.15) is 0 Å². The summed E-state index contributed by atoms with van der Waals surface area (Å²) in [6.07, 6.45) is 0. The minimum absolute atomic E-state index is 0.284. The predicted molar refractivity (Wildman–Crippen MR) is 123 cm³/mol. The number of hydrogen-bond donors (Lipinski definition) is 4. The Bertz CT molecular complexity index is 1230. The molecule has 3 aromatic carbocycles. The van der Waals surface area contributed by atoms with Crippen LogP contribution in [0.15, 0.2) is 72.8 Å². The van der Waals surface area contributed by atoms with Crippen molar-refractivity contribution in [2.24, 2.45) is 5.73 Å². The highest BCUT2D eigenvalue weighted by Crippen LogP contribution is 2.38. The van der Waals surface area contributed by atoms with E-state index in [0.29, 0.717) is 39.5 Å². The smallest absolute Gasteiger partial charge is 0.337 e. The van der Waals surface area contributed by atoms with Gasteiger partial charge in [0.05, 0.1) is 29.6 Å². The minimum atomic E-state index is -0.688. The maximum Gasteiger partial charge on any atom is 0.337 e. The quantitative estimate of drug-likeness (QED) is 0.363. The first kappa shape index (κ1) is 20.7. The van der Waals surface area contributed by atoms with Crippen LogP contribution < -0.4 is 21.7 Å². The number of nitrogens with two attached hydrogens (primary N) is 1. The number of amides is 3. The third-order valence-corrected chi connectivity index (χ3v) is 4.92. The standard InChI is InChI=1S/C24H20N4O4/c1-32-23(30)15-7-9-16(10-8-15)26-21(14-5-3-2-4-6-14)20-18-12-11-17(27-24(25)31)13-19(18)28-22(20)29/h2-13,26H,1H3,(H,28,29)(H3,25,27,31)/b21-20-. The number of carbonyl (C=O) groups is 3. The number of ether oxygens (including phenoxy) is 1. The van der Waals surface area contributed by atoms with Gasteiger partial charge < -0.3 is 26.4 Å². The van der Waals surface area contributed by atoms with Gasteiger partial charge in [-0.05, 0) is 48.0 Å². The van der Waals surface area contributed by atoms with Crippen LogP contribution in [0.25, 0.3) is 11.3 Å². The lowest BCUT2D eigenvalue weighted by Gasteiger charge is -2.15. The SMILES string of the molecule is COC(=O)c1ccc(N/C(=C2\C(=O)Nc3cc(NC(N)=O)ccc32)c2ccccc2)cc1. The summed E-state index contributed by atoms with van der Waals surface area (Å²) in [7, 11) is 1.33. The second-order valence-electron chi connectivity index (χ2n) is 7.01. The second-order valence-corrected chi connectivity index (χ2v) is 7.01. The number of methoxy groups -OCH3 is 1. The monoisotopic (exact) mass is 428 g/mol. The number of hydrogen-bond acceptors (Lipinski definition) is 5. The third-order valence-electron chi connectivity index (χ3n) is 4.92. The molecular weight excluding hydrogens is 408 g/mol. The molecule has 0 atom stereocenters. The zero-order valence-electron chi connectivity index (χ0n) is 17.1. The highest BCUT2D eigenvalue weighted by molar-refractivity contribution is 6.37. The predicted octanol–water partition coefficient (Wildman–Crippen LogP) is 3.90. The summed E-state index contributed by atoms with van der Waals surface area (Å²) in [5, 5.41) is 8.66. The van der Waals surface area contributed by atoms with Crippen molar-refractivity contribution in [3.05, 3.63) is 89.5 Å². The summed E-state index contributed by atoms with van der Waals surface area (Å²) in [4.78, 5) is 35.8. The van der Waals surface area contributed by atoms with Gasteiger partial charge in [0.25, 0.3) is 5.91 Å². The second kappa shape index (κ2) is 8.65. The van der Waals surface area contributed by atoms with Gasteiger partial charge in [0, 0.05) is 16.9 Å². The molecule has 3 aromatic rings. The zero-order chi connectivity index (χ0) is 22.7. The van der Waals surface area contributed by atoms with Gasteiger partial charge in [-0.2, -0.15) is 0 Å². The molecule has 5 N–H and O–H groups in total. The Kier molecular flexibility index (Phi) is 5.59. The third kappa shape index (κ3) is 4.15. The van der Waals surface area contributed by atoms with E-state index < -0.39 is 12.0 Å². The van der Waals surface area contributed by atoms with E-state index >= 15 is 0 Å². The Morgan fingerprint density at radius 1 is 0.875 bits per heavy atom. The van der Waals surface area contributed by atoms with Gasteiger partial charge in [-0.1, -0.05) is 30.3 Å². The van der Waals surface area contributed by atoms with Crippen LogP contribution in [0.2, 0.25) is 0 Å². The van der Waals surface area contributed by atoms with Crippen LogP contribution in [0, 0.1) is 0 Å². The van der Waals surface area contributed by atoms with Crippen LogP contribution in [-0.4, -0.2) is 25.0 Å². The lowest BCUT2D eigenvalue weighted by atomic mass is 9.99. The summed E-state index contributed by atoms with van der Waals surface area (Å²) in [6.45, 7) is 0. The van der Waals surface area contributed by atoms with Crippen molar-refractivity contribution in [1.82, 2.24) is 0 Å². The number of rotatable bonds is 5. The van der Waals surface area contributed by atoms with E-state index in [1.807, 2.05) is 30.3 Å². The number of nitrogens with one attached hydrogen (secondary N) is 3. The lowest BCUT2D eigenvalue weighted by Crippen LogP contribution is -2.19. The minimum Gasteiger partial charge on any atom is -0.465 e. The molecule has 1 aliphatic rings. The van der Waals surface area contributed by atoms with Crippen LogP contribution in [0.1, 0.15) is 21.5 Å². The first-order valence-electron chi connectivity index (χ1n) is 9.73. The molecule has 0 saturated carbocycles. The molecule has 1 heterocycles. The highest BCUT2D eigenvalue weighted by atomic mass is 16.5. The first-order valence-corrected chi connectivity index (χ1v) is 9.73. The molecule has 0 spiro atoms. The van der Waals surface area contributed by atoms with Crippen LogP contribution in [-0.2, 0) is 9.53 Å². The molecule has 8 heteroatoms. The molecule has 8 nitrogen and oxygen atoms in total. The molecule has 0 saturated heterocycles. The molecule has 32 heavy (non-hydrogen) atoms. The summed E-state index contributed by atoms with van der Waals surface area (Å²) in [6, 6.07) is 20.6. The van der Waals surface area contributed by atoms with Gasteiger partial charge >= 0.3 is 12.0 Å². The molecule has 0 unspecified atom stereocenters. The topological polar surface area (TPSA) is 123 Å². The van der Waals surface area contributed by atoms with Crippen LogP contribution in [0.3, 0.4) is 0 Å². The van der Waals surface area contributed by atoms with Gasteiger partial charge in [0.15, 0.2) is 0 Å². The number of carbonyl (C=O) groups excluding carboxylic acids is 3. The molecule has 160 valence electrons. The average molecular weight is 428 g/mol. The van der Waals surface area contributed by atoms with Gasteiger partial charge in [-0.25, -0.2) is 9.59 Å². The van der Waals surface area contributed by atoms with E-state index in [1.54, 1.807) is 42.5 Å².